The van der Waals surface area contributed by atoms with Gasteiger partial charge >= 0.3 is 0 Å². The highest BCUT2D eigenvalue weighted by atomic mass is 16.2. The highest BCUT2D eigenvalue weighted by molar-refractivity contribution is 5.79. The summed E-state index contributed by atoms with van der Waals surface area (Å²) in [6.07, 6.45) is 3.58. The lowest BCUT2D eigenvalue weighted by Gasteiger charge is -2.39. The van der Waals surface area contributed by atoms with E-state index in [2.05, 4.69) is 15.2 Å². The second-order valence-electron chi connectivity index (χ2n) is 4.74. The van der Waals surface area contributed by atoms with Crippen molar-refractivity contribution in [2.75, 3.05) is 33.7 Å². The molecule has 0 aromatic carbocycles. The summed E-state index contributed by atoms with van der Waals surface area (Å²) in [7, 11) is 3.80. The Morgan fingerprint density at radius 3 is 2.83 bits per heavy atom. The van der Waals surface area contributed by atoms with Gasteiger partial charge in [0.2, 0.25) is 5.91 Å². The van der Waals surface area contributed by atoms with Crippen molar-refractivity contribution in [3.05, 3.63) is 30.1 Å². The van der Waals surface area contributed by atoms with Gasteiger partial charge in [-0.1, -0.05) is 0 Å². The van der Waals surface area contributed by atoms with Crippen LogP contribution in [0.5, 0.6) is 0 Å². The Hall–Kier alpha value is -1.46. The lowest BCUT2D eigenvalue weighted by atomic mass is 10.1. The van der Waals surface area contributed by atoms with Crippen LogP contribution in [0.25, 0.3) is 0 Å². The van der Waals surface area contributed by atoms with Gasteiger partial charge in [0.15, 0.2) is 0 Å². The topological polar surface area (TPSA) is 48.5 Å². The fourth-order valence-corrected chi connectivity index (χ4v) is 2.30. The predicted octanol–water partition coefficient (Wildman–Crippen LogP) is -0.0564. The average molecular weight is 248 g/mol. The van der Waals surface area contributed by atoms with Crippen molar-refractivity contribution in [2.24, 2.45) is 0 Å². The van der Waals surface area contributed by atoms with E-state index in [0.29, 0.717) is 6.54 Å². The SMILES string of the molecule is CNCC1CN(Cc2ccncc2)CC(=O)N1C. The minimum atomic E-state index is 0.190. The number of hydrogen-bond acceptors (Lipinski definition) is 4. The molecule has 2 rings (SSSR count). The van der Waals surface area contributed by atoms with Crippen LogP contribution < -0.4 is 5.32 Å². The molecule has 1 aliphatic rings. The summed E-state index contributed by atoms with van der Waals surface area (Å²) in [4.78, 5) is 20.0. The van der Waals surface area contributed by atoms with Crippen LogP contribution >= 0.6 is 0 Å². The number of piperazine rings is 1. The number of hydrogen-bond donors (Lipinski definition) is 1. The quantitative estimate of drug-likeness (QED) is 0.811. The van der Waals surface area contributed by atoms with E-state index in [1.54, 1.807) is 12.4 Å². The van der Waals surface area contributed by atoms with E-state index in [0.717, 1.165) is 19.6 Å². The molecule has 0 radical (unpaired) electrons. The number of pyridine rings is 1. The maximum Gasteiger partial charge on any atom is 0.236 e. The van der Waals surface area contributed by atoms with Crippen molar-refractivity contribution in [2.45, 2.75) is 12.6 Å². The van der Waals surface area contributed by atoms with Crippen LogP contribution in [0.2, 0.25) is 0 Å². The highest BCUT2D eigenvalue weighted by Gasteiger charge is 2.29. The van der Waals surface area contributed by atoms with Gasteiger partial charge in [0, 0.05) is 39.1 Å². The summed E-state index contributed by atoms with van der Waals surface area (Å²) >= 11 is 0. The van der Waals surface area contributed by atoms with Crippen molar-refractivity contribution in [1.29, 1.82) is 0 Å². The zero-order chi connectivity index (χ0) is 13.0. The van der Waals surface area contributed by atoms with Gasteiger partial charge in [0.25, 0.3) is 0 Å². The molecule has 1 amide bonds. The Balaban J connectivity index is 1.99. The molecule has 0 saturated carbocycles. The molecule has 2 heterocycles. The maximum atomic E-state index is 11.9. The molecule has 1 aromatic heterocycles. The molecule has 5 heteroatoms. The number of rotatable bonds is 4. The van der Waals surface area contributed by atoms with Crippen LogP contribution in [0.15, 0.2) is 24.5 Å². The maximum absolute atomic E-state index is 11.9. The van der Waals surface area contributed by atoms with Crippen LogP contribution in [0.1, 0.15) is 5.56 Å². The van der Waals surface area contributed by atoms with Gasteiger partial charge in [-0.15, -0.1) is 0 Å². The lowest BCUT2D eigenvalue weighted by molar-refractivity contribution is -0.138. The first-order valence-corrected chi connectivity index (χ1v) is 6.22. The molecule has 1 aliphatic heterocycles. The molecule has 0 spiro atoms. The van der Waals surface area contributed by atoms with Crippen molar-refractivity contribution < 1.29 is 4.79 Å². The Kier molecular flexibility index (Phi) is 4.28. The van der Waals surface area contributed by atoms with Gasteiger partial charge in [0.1, 0.15) is 0 Å². The third-order valence-corrected chi connectivity index (χ3v) is 3.36. The Bertz CT molecular complexity index is 395. The van der Waals surface area contributed by atoms with E-state index in [1.165, 1.54) is 5.56 Å². The first kappa shape index (κ1) is 13.0. The molecule has 0 bridgehead atoms. The van der Waals surface area contributed by atoms with E-state index in [9.17, 15) is 4.79 Å². The van der Waals surface area contributed by atoms with Crippen LogP contribution in [-0.2, 0) is 11.3 Å². The third-order valence-electron chi connectivity index (χ3n) is 3.36. The summed E-state index contributed by atoms with van der Waals surface area (Å²) in [6.45, 7) is 3.04. The summed E-state index contributed by atoms with van der Waals surface area (Å²) in [6, 6.07) is 4.24. The number of aromatic nitrogens is 1. The Labute approximate surface area is 108 Å². The smallest absolute Gasteiger partial charge is 0.236 e. The summed E-state index contributed by atoms with van der Waals surface area (Å²) in [5, 5.41) is 3.14. The highest BCUT2D eigenvalue weighted by Crippen LogP contribution is 2.12. The molecule has 1 atom stereocenters. The van der Waals surface area contributed by atoms with Gasteiger partial charge in [-0.25, -0.2) is 0 Å². The van der Waals surface area contributed by atoms with Gasteiger partial charge in [0.05, 0.1) is 12.6 Å². The number of nitrogens with zero attached hydrogens (tertiary/aromatic N) is 3. The monoisotopic (exact) mass is 248 g/mol. The first-order chi connectivity index (χ1) is 8.70. The first-order valence-electron chi connectivity index (χ1n) is 6.22. The molecule has 1 fully saturated rings. The molecule has 1 saturated heterocycles. The van der Waals surface area contributed by atoms with Crippen LogP contribution in [0, 0.1) is 0 Å². The van der Waals surface area contributed by atoms with Crippen LogP contribution in [0.4, 0.5) is 0 Å². The Morgan fingerprint density at radius 2 is 2.17 bits per heavy atom. The number of carbonyl (C=O) groups is 1. The molecule has 0 aliphatic carbocycles. The minimum Gasteiger partial charge on any atom is -0.339 e. The molecule has 98 valence electrons. The Morgan fingerprint density at radius 1 is 1.44 bits per heavy atom. The molecule has 1 unspecified atom stereocenters. The second-order valence-corrected chi connectivity index (χ2v) is 4.74. The van der Waals surface area contributed by atoms with Crippen molar-refractivity contribution in [1.82, 2.24) is 20.1 Å². The molecule has 5 nitrogen and oxygen atoms in total. The minimum absolute atomic E-state index is 0.190. The fraction of sp³-hybridized carbons (Fsp3) is 0.538. The molecular formula is C13H20N4O. The summed E-state index contributed by atoms with van der Waals surface area (Å²) < 4.78 is 0. The van der Waals surface area contributed by atoms with Gasteiger partial charge in [-0.05, 0) is 24.7 Å². The van der Waals surface area contributed by atoms with E-state index < -0.39 is 0 Å². The molecular weight excluding hydrogens is 228 g/mol. The van der Waals surface area contributed by atoms with Crippen molar-refractivity contribution in [3.63, 3.8) is 0 Å². The molecule has 1 aromatic rings. The van der Waals surface area contributed by atoms with Crippen LogP contribution in [-0.4, -0.2) is 60.5 Å². The standard InChI is InChI=1S/C13H20N4O/c1-14-7-12-9-17(10-13(18)16(12)2)8-11-3-5-15-6-4-11/h3-6,12,14H,7-10H2,1-2H3. The fourth-order valence-electron chi connectivity index (χ4n) is 2.30. The number of amides is 1. The number of carbonyl (C=O) groups excluding carboxylic acids is 1. The van der Waals surface area contributed by atoms with Crippen molar-refractivity contribution >= 4 is 5.91 Å². The van der Waals surface area contributed by atoms with Gasteiger partial charge < -0.3 is 10.2 Å². The van der Waals surface area contributed by atoms with Crippen LogP contribution in [0.3, 0.4) is 0 Å². The van der Waals surface area contributed by atoms with Crippen molar-refractivity contribution in [3.8, 4) is 0 Å². The predicted molar refractivity (Wildman–Crippen MR) is 70.0 cm³/mol. The van der Waals surface area contributed by atoms with E-state index >= 15 is 0 Å². The summed E-state index contributed by atoms with van der Waals surface area (Å²) in [5.41, 5.74) is 1.20. The van der Waals surface area contributed by atoms with Gasteiger partial charge in [-0.3, -0.25) is 14.7 Å². The molecule has 18 heavy (non-hydrogen) atoms. The van der Waals surface area contributed by atoms with Gasteiger partial charge in [-0.2, -0.15) is 0 Å². The average Bonchev–Trinajstić information content (AvgIpc) is 2.37. The zero-order valence-corrected chi connectivity index (χ0v) is 11.0. The second kappa shape index (κ2) is 5.93. The van der Waals surface area contributed by atoms with E-state index in [-0.39, 0.29) is 11.9 Å². The normalized spacial score (nSPS) is 21.3. The largest absolute Gasteiger partial charge is 0.339 e. The third kappa shape index (κ3) is 3.05. The zero-order valence-electron chi connectivity index (χ0n) is 11.0. The lowest BCUT2D eigenvalue weighted by Crippen LogP contribution is -2.57. The van der Waals surface area contributed by atoms with E-state index in [1.807, 2.05) is 31.1 Å². The number of likely N-dealkylation sites (N-methyl/N-ethyl adjacent to an activating group) is 2. The number of nitrogens with one attached hydrogen (secondary N) is 1. The van der Waals surface area contributed by atoms with E-state index in [4.69, 9.17) is 0 Å². The molecule has 1 N–H and O–H groups in total. The summed E-state index contributed by atoms with van der Waals surface area (Å²) in [5.74, 6) is 0.190.